The molecule has 0 aliphatic carbocycles. The zero-order valence-corrected chi connectivity index (χ0v) is 13.4. The van der Waals surface area contributed by atoms with Gasteiger partial charge in [0.05, 0.1) is 18.7 Å². The number of ether oxygens (including phenoxy) is 1. The Hall–Kier alpha value is -2.68. The normalized spacial score (nSPS) is 24.9. The molecule has 0 saturated carbocycles. The van der Waals surface area contributed by atoms with E-state index in [0.29, 0.717) is 6.08 Å². The summed E-state index contributed by atoms with van der Waals surface area (Å²) in [6, 6.07) is -4.06. The first-order chi connectivity index (χ1) is 12.8. The van der Waals surface area contributed by atoms with Crippen LogP contribution in [0.25, 0.3) is 10.4 Å². The van der Waals surface area contributed by atoms with E-state index in [1.165, 1.54) is 5.32 Å². The lowest BCUT2D eigenvalue weighted by molar-refractivity contribution is -0.270. The molecule has 1 rings (SSSR count). The van der Waals surface area contributed by atoms with Crippen LogP contribution < -0.4 is 5.32 Å². The molecule has 1 heterocycles. The van der Waals surface area contributed by atoms with Crippen LogP contribution in [0.4, 0.5) is 22.0 Å². The highest BCUT2D eigenvalue weighted by molar-refractivity contribution is 5.86. The van der Waals surface area contributed by atoms with Gasteiger partial charge in [-0.1, -0.05) is 5.11 Å². The third-order valence-corrected chi connectivity index (χ3v) is 3.56. The molecule has 0 spiro atoms. The summed E-state index contributed by atoms with van der Waals surface area (Å²) in [4.78, 5) is 24.8. The molecule has 0 bridgehead atoms. The highest BCUT2D eigenvalue weighted by Gasteiger charge is 2.64. The minimum Gasteiger partial charge on any atom is -0.478 e. The standard InChI is InChI=1S/C12H13F5N4O7/c13-11(14,12(15,16)17)10(27)19-6-3(20-21-18)1-5(9(25)26)28-8(6)7(24)4(23)2-22/h1,3-4,6-8,22-24H,2H2,(H,19,27)(H,25,26)/t3-,4+,6+,7+,8+/m0/s1. The minimum absolute atomic E-state index is 0.493. The van der Waals surface area contributed by atoms with E-state index in [9.17, 15) is 41.8 Å². The fourth-order valence-electron chi connectivity index (χ4n) is 2.15. The summed E-state index contributed by atoms with van der Waals surface area (Å²) in [6.45, 7) is -1.15. The molecule has 5 atom stereocenters. The summed E-state index contributed by atoms with van der Waals surface area (Å²) in [5.74, 6) is -11.6. The molecule has 0 fully saturated rings. The average Bonchev–Trinajstić information content (AvgIpc) is 2.60. The van der Waals surface area contributed by atoms with Crippen molar-refractivity contribution in [3.8, 4) is 0 Å². The maximum absolute atomic E-state index is 13.2. The van der Waals surface area contributed by atoms with E-state index in [4.69, 9.17) is 20.5 Å². The van der Waals surface area contributed by atoms with Crippen molar-refractivity contribution in [2.45, 2.75) is 42.5 Å². The van der Waals surface area contributed by atoms with Gasteiger partial charge in [-0.05, 0) is 11.6 Å². The SMILES string of the molecule is [N-]=[N+]=N[C@H]1C=C(C(=O)O)O[C@@H]([C@H](O)[C@H](O)CO)[C@@H]1NC(=O)C(F)(F)C(F)(F)F. The fraction of sp³-hybridized carbons (Fsp3) is 0.667. The maximum atomic E-state index is 13.2. The molecule has 1 aliphatic rings. The number of hydrogen-bond donors (Lipinski definition) is 5. The van der Waals surface area contributed by atoms with Crippen molar-refractivity contribution in [1.29, 1.82) is 0 Å². The lowest BCUT2D eigenvalue weighted by Gasteiger charge is -2.39. The summed E-state index contributed by atoms with van der Waals surface area (Å²) >= 11 is 0. The molecule has 0 saturated heterocycles. The summed E-state index contributed by atoms with van der Waals surface area (Å²) in [7, 11) is 0. The lowest BCUT2D eigenvalue weighted by atomic mass is 9.92. The van der Waals surface area contributed by atoms with Crippen LogP contribution in [0.3, 0.4) is 0 Å². The Labute approximate surface area is 151 Å². The largest absolute Gasteiger partial charge is 0.478 e. The molecule has 11 nitrogen and oxygen atoms in total. The van der Waals surface area contributed by atoms with Crippen molar-refractivity contribution in [3.63, 3.8) is 0 Å². The molecule has 0 unspecified atom stereocenters. The Morgan fingerprint density at radius 3 is 2.32 bits per heavy atom. The topological polar surface area (TPSA) is 185 Å². The predicted octanol–water partition coefficient (Wildman–Crippen LogP) is -0.571. The predicted molar refractivity (Wildman–Crippen MR) is 75.6 cm³/mol. The van der Waals surface area contributed by atoms with E-state index in [-0.39, 0.29) is 0 Å². The maximum Gasteiger partial charge on any atom is 0.463 e. The van der Waals surface area contributed by atoms with Gasteiger partial charge < -0.3 is 30.5 Å². The van der Waals surface area contributed by atoms with Crippen LogP contribution in [-0.2, 0) is 14.3 Å². The first kappa shape index (κ1) is 23.4. The number of amides is 1. The molecular weight excluding hydrogens is 407 g/mol. The number of aliphatic hydroxyl groups is 3. The Bertz CT molecular complexity index is 694. The van der Waals surface area contributed by atoms with Gasteiger partial charge >= 0.3 is 24.0 Å². The van der Waals surface area contributed by atoms with Gasteiger partial charge in [-0.2, -0.15) is 22.0 Å². The molecule has 5 N–H and O–H groups in total. The Kier molecular flexibility index (Phi) is 7.14. The molecule has 0 aromatic heterocycles. The van der Waals surface area contributed by atoms with Crippen LogP contribution >= 0.6 is 0 Å². The van der Waals surface area contributed by atoms with Gasteiger partial charge in [0.25, 0.3) is 0 Å². The van der Waals surface area contributed by atoms with Crippen LogP contribution in [-0.4, -0.2) is 81.4 Å². The second-order valence-corrected chi connectivity index (χ2v) is 5.43. The molecule has 1 aliphatic heterocycles. The number of carbonyl (C=O) groups excluding carboxylic acids is 1. The van der Waals surface area contributed by atoms with E-state index < -0.39 is 66.7 Å². The van der Waals surface area contributed by atoms with E-state index >= 15 is 0 Å². The number of carboxylic acid groups (broad SMARTS) is 1. The van der Waals surface area contributed by atoms with E-state index in [1.54, 1.807) is 0 Å². The number of halogens is 5. The van der Waals surface area contributed by atoms with Crippen LogP contribution in [0.15, 0.2) is 16.9 Å². The number of nitrogens with zero attached hydrogens (tertiary/aromatic N) is 3. The van der Waals surface area contributed by atoms with Gasteiger partial charge in [0, 0.05) is 4.91 Å². The van der Waals surface area contributed by atoms with Crippen molar-refractivity contribution < 1.29 is 56.7 Å². The van der Waals surface area contributed by atoms with E-state index in [0.717, 1.165) is 0 Å². The van der Waals surface area contributed by atoms with Gasteiger partial charge in [0.1, 0.15) is 18.3 Å². The summed E-state index contributed by atoms with van der Waals surface area (Å²) in [6.07, 6.45) is -12.3. The van der Waals surface area contributed by atoms with Crippen molar-refractivity contribution in [2.24, 2.45) is 5.11 Å². The minimum atomic E-state index is -6.29. The molecule has 28 heavy (non-hydrogen) atoms. The quantitative estimate of drug-likeness (QED) is 0.158. The number of hydrogen-bond acceptors (Lipinski definition) is 7. The zero-order valence-electron chi connectivity index (χ0n) is 13.4. The average molecular weight is 420 g/mol. The van der Waals surface area contributed by atoms with Gasteiger partial charge in [0.2, 0.25) is 5.76 Å². The van der Waals surface area contributed by atoms with Crippen molar-refractivity contribution in [1.82, 2.24) is 5.32 Å². The second-order valence-electron chi connectivity index (χ2n) is 5.43. The Morgan fingerprint density at radius 2 is 1.89 bits per heavy atom. The highest BCUT2D eigenvalue weighted by atomic mass is 19.4. The summed E-state index contributed by atoms with van der Waals surface area (Å²) < 4.78 is 68.2. The molecule has 1 amide bonds. The molecule has 0 aromatic carbocycles. The second kappa shape index (κ2) is 8.55. The van der Waals surface area contributed by atoms with Gasteiger partial charge in [-0.15, -0.1) is 0 Å². The van der Waals surface area contributed by atoms with Crippen molar-refractivity contribution >= 4 is 11.9 Å². The Morgan fingerprint density at radius 1 is 1.32 bits per heavy atom. The highest BCUT2D eigenvalue weighted by Crippen LogP contribution is 2.36. The molecule has 16 heteroatoms. The number of azide groups is 1. The number of alkyl halides is 5. The van der Waals surface area contributed by atoms with Crippen LogP contribution in [0.2, 0.25) is 0 Å². The molecule has 0 radical (unpaired) electrons. The molecular formula is C12H13F5N4O7. The van der Waals surface area contributed by atoms with Crippen LogP contribution in [0, 0.1) is 0 Å². The van der Waals surface area contributed by atoms with Crippen molar-refractivity contribution in [3.05, 3.63) is 22.3 Å². The summed E-state index contributed by atoms with van der Waals surface area (Å²) in [5.41, 5.74) is 8.51. The van der Waals surface area contributed by atoms with Gasteiger partial charge in [-0.3, -0.25) is 4.79 Å². The van der Waals surface area contributed by atoms with Gasteiger partial charge in [0.15, 0.2) is 0 Å². The van der Waals surface area contributed by atoms with Crippen LogP contribution in [0.5, 0.6) is 0 Å². The number of aliphatic hydroxyl groups excluding tert-OH is 3. The number of nitrogens with one attached hydrogen (secondary N) is 1. The Balaban J connectivity index is 3.38. The molecule has 158 valence electrons. The number of carbonyl (C=O) groups is 2. The first-order valence-corrected chi connectivity index (χ1v) is 7.16. The number of carboxylic acids is 1. The first-order valence-electron chi connectivity index (χ1n) is 7.16. The van der Waals surface area contributed by atoms with E-state index in [1.807, 2.05) is 0 Å². The fourth-order valence-corrected chi connectivity index (χ4v) is 2.15. The smallest absolute Gasteiger partial charge is 0.463 e. The molecule has 0 aromatic rings. The number of rotatable bonds is 7. The summed E-state index contributed by atoms with van der Waals surface area (Å²) in [5, 5.41) is 41.3. The zero-order chi connectivity index (χ0) is 21.9. The van der Waals surface area contributed by atoms with Crippen molar-refractivity contribution in [2.75, 3.05) is 6.61 Å². The third kappa shape index (κ3) is 4.78. The number of aliphatic carboxylic acids is 1. The monoisotopic (exact) mass is 420 g/mol. The van der Waals surface area contributed by atoms with E-state index in [2.05, 4.69) is 10.0 Å². The lowest BCUT2D eigenvalue weighted by Crippen LogP contribution is -2.63. The van der Waals surface area contributed by atoms with Gasteiger partial charge in [-0.25, -0.2) is 4.79 Å². The third-order valence-electron chi connectivity index (χ3n) is 3.56. The van der Waals surface area contributed by atoms with Crippen LogP contribution in [0.1, 0.15) is 0 Å².